The molecule has 1 atom stereocenters. The summed E-state index contributed by atoms with van der Waals surface area (Å²) in [5.41, 5.74) is 0. The molecule has 0 fully saturated rings. The summed E-state index contributed by atoms with van der Waals surface area (Å²) in [6.45, 7) is 0.236. The maximum atomic E-state index is 7.83. The Kier molecular flexibility index (Phi) is 16.7. The third-order valence-electron chi connectivity index (χ3n) is 0.0845. The molecule has 0 heterocycles. The van der Waals surface area contributed by atoms with Gasteiger partial charge in [0, 0.05) is 5.33 Å². The summed E-state index contributed by atoms with van der Waals surface area (Å²) >= 11 is 3.00. The van der Waals surface area contributed by atoms with E-state index in [9.17, 15) is 0 Å². The van der Waals surface area contributed by atoms with E-state index in [0.29, 0.717) is 5.33 Å². The van der Waals surface area contributed by atoms with Crippen molar-refractivity contribution in [2.24, 2.45) is 0 Å². The Labute approximate surface area is 51.2 Å². The molecule has 1 unspecified atom stereocenters. The van der Waals surface area contributed by atoms with Gasteiger partial charge in [-0.05, 0) is 0 Å². The van der Waals surface area contributed by atoms with Crippen molar-refractivity contribution in [1.29, 1.82) is 0 Å². The van der Waals surface area contributed by atoms with E-state index in [-0.39, 0.29) is 24.6 Å². The topological polar surface area (TPSA) is 20.2 Å². The Morgan fingerprint density at radius 3 is 1.80 bits per heavy atom. The van der Waals surface area contributed by atoms with Gasteiger partial charge in [-0.15, -0.1) is 0 Å². The summed E-state index contributed by atoms with van der Waals surface area (Å²) in [6.07, 6.45) is 0. The van der Waals surface area contributed by atoms with Crippen LogP contribution in [0.1, 0.15) is 0 Å². The molecule has 0 aliphatic carbocycles. The van der Waals surface area contributed by atoms with Crippen LogP contribution in [0.3, 0.4) is 0 Å². The third-order valence-corrected chi connectivity index (χ3v) is 0.439. The minimum atomic E-state index is 0. The molecule has 0 amide bonds. The standard InChI is InChI=1S/C2H5BrO.AsH3/c3-1-2-4;/h4H,1-2H2;1H3. The zero-order valence-corrected chi connectivity index (χ0v) is 7.50. The van der Waals surface area contributed by atoms with Gasteiger partial charge in [-0.3, -0.25) is 0 Å². The zero-order chi connectivity index (χ0) is 3.41. The Hall–Kier alpha value is 0.998. The van der Waals surface area contributed by atoms with Crippen LogP contribution in [0, 0.1) is 0 Å². The Morgan fingerprint density at radius 1 is 1.60 bits per heavy atom. The van der Waals surface area contributed by atoms with E-state index in [1.165, 1.54) is 0 Å². The molecule has 0 radical (unpaired) electrons. The van der Waals surface area contributed by atoms with Gasteiger partial charge in [-0.1, -0.05) is 15.9 Å². The second-order valence-electron chi connectivity index (χ2n) is 0.413. The Bertz CT molecular complexity index is 11.6. The van der Waals surface area contributed by atoms with E-state index in [0.717, 1.165) is 0 Å². The van der Waals surface area contributed by atoms with Gasteiger partial charge in [0.2, 0.25) is 0 Å². The number of aliphatic hydroxyl groups is 1. The Balaban J connectivity index is 0. The van der Waals surface area contributed by atoms with E-state index in [1.54, 1.807) is 0 Å². The predicted octanol–water partition coefficient (Wildman–Crippen LogP) is -0.810. The summed E-state index contributed by atoms with van der Waals surface area (Å²) in [5.74, 6) is 0. The first-order chi connectivity index (χ1) is 1.91. The summed E-state index contributed by atoms with van der Waals surface area (Å²) in [6, 6.07) is 0. The molecule has 0 aromatic carbocycles. The summed E-state index contributed by atoms with van der Waals surface area (Å²) in [4.78, 5) is 0. The predicted molar refractivity (Wildman–Crippen MR) is 30.8 cm³/mol. The molecule has 0 aromatic heterocycles. The molecule has 0 saturated heterocycles. The first-order valence-corrected chi connectivity index (χ1v) is 2.20. The van der Waals surface area contributed by atoms with Gasteiger partial charge in [-0.2, -0.15) is 0 Å². The molecule has 0 bridgehead atoms. The van der Waals surface area contributed by atoms with Crippen molar-refractivity contribution in [2.45, 2.75) is 0 Å². The van der Waals surface area contributed by atoms with Crippen LogP contribution < -0.4 is 0 Å². The SMILES string of the molecule is OCCBr.[AsH3]. The van der Waals surface area contributed by atoms with Gasteiger partial charge in [0.1, 0.15) is 0 Å². The van der Waals surface area contributed by atoms with Crippen LogP contribution in [0.25, 0.3) is 0 Å². The van der Waals surface area contributed by atoms with Crippen LogP contribution in [-0.4, -0.2) is 35.0 Å². The molecule has 1 nitrogen and oxygen atoms in total. The third kappa shape index (κ3) is 11.3. The quantitative estimate of drug-likeness (QED) is 0.436. The van der Waals surface area contributed by atoms with E-state index < -0.39 is 0 Å². The van der Waals surface area contributed by atoms with Crippen molar-refractivity contribution >= 4 is 33.9 Å². The van der Waals surface area contributed by atoms with Gasteiger partial charge in [0.05, 0.1) is 6.61 Å². The molecular weight excluding hydrogens is 195 g/mol. The van der Waals surface area contributed by atoms with Crippen LogP contribution in [0.5, 0.6) is 0 Å². The van der Waals surface area contributed by atoms with Crippen LogP contribution in [-0.2, 0) is 0 Å². The van der Waals surface area contributed by atoms with Crippen LogP contribution in [0.2, 0.25) is 0 Å². The van der Waals surface area contributed by atoms with Gasteiger partial charge in [0.15, 0.2) is 0 Å². The molecule has 5 heavy (non-hydrogen) atoms. The first kappa shape index (κ1) is 9.37. The molecule has 0 spiro atoms. The second-order valence-corrected chi connectivity index (χ2v) is 1.21. The van der Waals surface area contributed by atoms with Crippen molar-refractivity contribution in [3.05, 3.63) is 0 Å². The van der Waals surface area contributed by atoms with E-state index in [1.807, 2.05) is 0 Å². The monoisotopic (exact) mass is 202 g/mol. The van der Waals surface area contributed by atoms with Crippen molar-refractivity contribution in [1.82, 2.24) is 0 Å². The first-order valence-electron chi connectivity index (χ1n) is 1.08. The number of rotatable bonds is 1. The van der Waals surface area contributed by atoms with Crippen LogP contribution >= 0.6 is 15.9 Å². The average molecular weight is 203 g/mol. The molecule has 34 valence electrons. The fourth-order valence-electron chi connectivity index (χ4n) is 0. The molecule has 0 aliphatic rings. The molecule has 0 saturated carbocycles. The van der Waals surface area contributed by atoms with Gasteiger partial charge in [-0.25, -0.2) is 0 Å². The maximum absolute atomic E-state index is 7.83. The fraction of sp³-hybridized carbons (Fsp3) is 1.00. The second kappa shape index (κ2) is 8.89. The van der Waals surface area contributed by atoms with Gasteiger partial charge in [0.25, 0.3) is 0 Å². The van der Waals surface area contributed by atoms with E-state index in [2.05, 4.69) is 15.9 Å². The molecule has 0 aromatic rings. The number of aliphatic hydroxyl groups excluding tert-OH is 1. The normalized spacial score (nSPS) is 6.00. The number of halogens is 1. The van der Waals surface area contributed by atoms with Crippen LogP contribution in [0.4, 0.5) is 0 Å². The Morgan fingerprint density at radius 2 is 1.80 bits per heavy atom. The van der Waals surface area contributed by atoms with Crippen molar-refractivity contribution in [3.63, 3.8) is 0 Å². The van der Waals surface area contributed by atoms with E-state index >= 15 is 0 Å². The number of alkyl halides is 1. The van der Waals surface area contributed by atoms with Crippen molar-refractivity contribution in [2.75, 3.05) is 11.9 Å². The fourth-order valence-corrected chi connectivity index (χ4v) is 0. The van der Waals surface area contributed by atoms with Gasteiger partial charge < -0.3 is 5.11 Å². The summed E-state index contributed by atoms with van der Waals surface area (Å²) in [7, 11) is 0. The molecule has 0 aliphatic heterocycles. The van der Waals surface area contributed by atoms with Gasteiger partial charge >= 0.3 is 18.0 Å². The van der Waals surface area contributed by atoms with Crippen molar-refractivity contribution < 1.29 is 5.11 Å². The average Bonchev–Trinajstić information content (AvgIpc) is 1.37. The summed E-state index contributed by atoms with van der Waals surface area (Å²) < 4.78 is 0. The molecule has 0 rings (SSSR count). The molecule has 3 heteroatoms. The van der Waals surface area contributed by atoms with Crippen LogP contribution in [0.15, 0.2) is 0 Å². The summed E-state index contributed by atoms with van der Waals surface area (Å²) in [5, 5.41) is 8.52. The van der Waals surface area contributed by atoms with E-state index in [4.69, 9.17) is 5.11 Å². The number of hydrogen-bond donors (Lipinski definition) is 1. The molecular formula is C2H8AsBrO. The number of hydrogen-bond acceptors (Lipinski definition) is 1. The van der Waals surface area contributed by atoms with Crippen molar-refractivity contribution in [3.8, 4) is 0 Å². The minimum absolute atomic E-state index is 0. The zero-order valence-electron chi connectivity index (χ0n) is 2.95. The molecule has 1 N–H and O–H groups in total.